The van der Waals surface area contributed by atoms with Crippen molar-refractivity contribution in [2.75, 3.05) is 13.7 Å². The first-order valence-corrected chi connectivity index (χ1v) is 9.29. The number of nitrogens with one attached hydrogen (secondary N) is 2. The van der Waals surface area contributed by atoms with Crippen LogP contribution in [-0.4, -0.2) is 30.8 Å². The number of aryl methyl sites for hydroxylation is 1. The van der Waals surface area contributed by atoms with Gasteiger partial charge in [-0.05, 0) is 50.6 Å². The topological polar surface area (TPSA) is 65.9 Å². The number of aliphatic imine (C=N–C) groups is 1. The normalized spacial score (nSPS) is 12.2. The number of rotatable bonds is 7. The Kier molecular flexibility index (Phi) is 9.79. The predicted molar refractivity (Wildman–Crippen MR) is 120 cm³/mol. The second-order valence-electron chi connectivity index (χ2n) is 5.96. The first-order chi connectivity index (χ1) is 12.0. The molecule has 2 rings (SSSR count). The fourth-order valence-electron chi connectivity index (χ4n) is 2.51. The lowest BCUT2D eigenvalue weighted by molar-refractivity contribution is 0.373. The molecule has 3 N–H and O–H groups in total. The van der Waals surface area contributed by atoms with Crippen molar-refractivity contribution in [3.63, 3.8) is 0 Å². The molecule has 0 saturated heterocycles. The van der Waals surface area contributed by atoms with Gasteiger partial charge in [-0.2, -0.15) is 0 Å². The van der Waals surface area contributed by atoms with E-state index in [2.05, 4.69) is 41.6 Å². The van der Waals surface area contributed by atoms with E-state index in [1.807, 2.05) is 24.3 Å². The number of benzene rings is 1. The average Bonchev–Trinajstić information content (AvgIpc) is 2.97. The number of ether oxygens (including phenoxy) is 1. The van der Waals surface area contributed by atoms with Crippen LogP contribution in [0.2, 0.25) is 0 Å². The van der Waals surface area contributed by atoms with Crippen LogP contribution in [0, 0.1) is 6.92 Å². The molecular formula is C19H28IN3O2S. The monoisotopic (exact) mass is 489 g/mol. The van der Waals surface area contributed by atoms with Crippen molar-refractivity contribution in [1.29, 1.82) is 0 Å². The molecule has 1 aromatic heterocycles. The molecule has 0 saturated carbocycles. The van der Waals surface area contributed by atoms with Crippen molar-refractivity contribution >= 4 is 41.3 Å². The van der Waals surface area contributed by atoms with Crippen molar-refractivity contribution in [1.82, 2.24) is 10.6 Å². The number of hydrogen-bond acceptors (Lipinski definition) is 4. The van der Waals surface area contributed by atoms with Crippen LogP contribution in [0.25, 0.3) is 0 Å². The smallest absolute Gasteiger partial charge is 0.191 e. The summed E-state index contributed by atoms with van der Waals surface area (Å²) < 4.78 is 5.07. The third-order valence-corrected chi connectivity index (χ3v) is 4.72. The first-order valence-electron chi connectivity index (χ1n) is 8.47. The van der Waals surface area contributed by atoms with Crippen LogP contribution in [0.3, 0.4) is 0 Å². The largest absolute Gasteiger partial charge is 0.504 e. The van der Waals surface area contributed by atoms with E-state index in [0.29, 0.717) is 12.3 Å². The fraction of sp³-hybridized carbons (Fsp3) is 0.421. The summed E-state index contributed by atoms with van der Waals surface area (Å²) in [6, 6.07) is 9.96. The number of methoxy groups -OCH3 is 1. The van der Waals surface area contributed by atoms with Gasteiger partial charge in [0.15, 0.2) is 17.5 Å². The summed E-state index contributed by atoms with van der Waals surface area (Å²) in [4.78, 5) is 7.32. The Morgan fingerprint density at radius 2 is 2.08 bits per heavy atom. The first kappa shape index (κ1) is 22.6. The number of guanidine groups is 1. The maximum atomic E-state index is 9.87. The minimum Gasteiger partial charge on any atom is -0.504 e. The maximum absolute atomic E-state index is 9.87. The molecule has 0 bridgehead atoms. The molecule has 7 heteroatoms. The van der Waals surface area contributed by atoms with E-state index in [1.165, 1.54) is 16.9 Å². The molecule has 1 unspecified atom stereocenters. The molecule has 2 aromatic rings. The summed E-state index contributed by atoms with van der Waals surface area (Å²) >= 11 is 1.83. The van der Waals surface area contributed by atoms with E-state index >= 15 is 0 Å². The van der Waals surface area contributed by atoms with Crippen LogP contribution in [0.4, 0.5) is 0 Å². The fourth-order valence-corrected chi connectivity index (χ4v) is 3.52. The van der Waals surface area contributed by atoms with Crippen molar-refractivity contribution in [3.05, 3.63) is 45.6 Å². The molecule has 1 aromatic carbocycles. The summed E-state index contributed by atoms with van der Waals surface area (Å²) in [5.74, 6) is 1.38. The lowest BCUT2D eigenvalue weighted by Crippen LogP contribution is -2.43. The van der Waals surface area contributed by atoms with E-state index in [4.69, 9.17) is 4.74 Å². The lowest BCUT2D eigenvalue weighted by atomic mass is 10.2. The second-order valence-corrected chi connectivity index (χ2v) is 7.34. The molecule has 144 valence electrons. The molecule has 0 amide bonds. The molecule has 0 aliphatic heterocycles. The molecular weight excluding hydrogens is 461 g/mol. The summed E-state index contributed by atoms with van der Waals surface area (Å²) in [5, 5.41) is 16.6. The van der Waals surface area contributed by atoms with Gasteiger partial charge in [-0.15, -0.1) is 35.3 Å². The van der Waals surface area contributed by atoms with E-state index in [1.54, 1.807) is 12.1 Å². The Labute approximate surface area is 176 Å². The SMILES string of the molecule is CCNC(=NCc1ccc(OC)c(O)c1)NC(C)Cc1ccc(C)s1.I. The van der Waals surface area contributed by atoms with E-state index in [-0.39, 0.29) is 35.8 Å². The van der Waals surface area contributed by atoms with Gasteiger partial charge in [0, 0.05) is 28.8 Å². The van der Waals surface area contributed by atoms with Crippen LogP contribution in [0.1, 0.15) is 29.2 Å². The number of phenols is 1. The summed E-state index contributed by atoms with van der Waals surface area (Å²) in [6.07, 6.45) is 0.965. The van der Waals surface area contributed by atoms with Crippen LogP contribution in [0.15, 0.2) is 35.3 Å². The molecule has 0 aliphatic rings. The zero-order chi connectivity index (χ0) is 18.2. The van der Waals surface area contributed by atoms with Gasteiger partial charge in [-0.25, -0.2) is 4.99 Å². The number of phenolic OH excluding ortho intramolecular Hbond substituents is 1. The van der Waals surface area contributed by atoms with Crippen molar-refractivity contribution in [3.8, 4) is 11.5 Å². The van der Waals surface area contributed by atoms with Gasteiger partial charge in [0.2, 0.25) is 0 Å². The average molecular weight is 489 g/mol. The highest BCUT2D eigenvalue weighted by Gasteiger charge is 2.08. The predicted octanol–water partition coefficient (Wildman–Crippen LogP) is 4.08. The van der Waals surface area contributed by atoms with Gasteiger partial charge in [0.05, 0.1) is 13.7 Å². The third-order valence-electron chi connectivity index (χ3n) is 3.69. The maximum Gasteiger partial charge on any atom is 0.191 e. The Morgan fingerprint density at radius 1 is 1.31 bits per heavy atom. The molecule has 0 fully saturated rings. The van der Waals surface area contributed by atoms with E-state index < -0.39 is 0 Å². The van der Waals surface area contributed by atoms with Crippen molar-refractivity contribution < 1.29 is 9.84 Å². The number of hydrogen-bond donors (Lipinski definition) is 3. The molecule has 0 radical (unpaired) electrons. The highest BCUT2D eigenvalue weighted by molar-refractivity contribution is 14.0. The van der Waals surface area contributed by atoms with E-state index in [9.17, 15) is 5.11 Å². The summed E-state index contributed by atoms with van der Waals surface area (Å²) in [6.45, 7) is 7.61. The van der Waals surface area contributed by atoms with Gasteiger partial charge in [-0.3, -0.25) is 0 Å². The molecule has 0 spiro atoms. The van der Waals surface area contributed by atoms with Crippen molar-refractivity contribution in [2.45, 2.75) is 39.8 Å². The highest BCUT2D eigenvalue weighted by Crippen LogP contribution is 2.26. The highest BCUT2D eigenvalue weighted by atomic mass is 127. The molecule has 0 aliphatic carbocycles. The number of nitrogens with zero attached hydrogens (tertiary/aromatic N) is 1. The van der Waals surface area contributed by atoms with Gasteiger partial charge in [-0.1, -0.05) is 6.07 Å². The molecule has 5 nitrogen and oxygen atoms in total. The molecule has 26 heavy (non-hydrogen) atoms. The van der Waals surface area contributed by atoms with E-state index in [0.717, 1.165) is 24.5 Å². The van der Waals surface area contributed by atoms with Crippen LogP contribution < -0.4 is 15.4 Å². The summed E-state index contributed by atoms with van der Waals surface area (Å²) in [5.41, 5.74) is 0.928. The van der Waals surface area contributed by atoms with Crippen LogP contribution in [-0.2, 0) is 13.0 Å². The zero-order valence-electron chi connectivity index (χ0n) is 15.7. The Balaban J connectivity index is 0.00000338. The Bertz CT molecular complexity index is 719. The van der Waals surface area contributed by atoms with Gasteiger partial charge >= 0.3 is 0 Å². The summed E-state index contributed by atoms with van der Waals surface area (Å²) in [7, 11) is 1.54. The lowest BCUT2D eigenvalue weighted by Gasteiger charge is -2.17. The van der Waals surface area contributed by atoms with Crippen LogP contribution in [0.5, 0.6) is 11.5 Å². The van der Waals surface area contributed by atoms with Gasteiger partial charge in [0.1, 0.15) is 0 Å². The minimum absolute atomic E-state index is 0. The number of thiophene rings is 1. The molecule has 1 heterocycles. The standard InChI is InChI=1S/C19H27N3O2S.HI/c1-5-20-19(22-13(2)10-16-8-6-14(3)25-16)21-12-15-7-9-18(24-4)17(23)11-15;/h6-9,11,13,23H,5,10,12H2,1-4H3,(H2,20,21,22);1H. The van der Waals surface area contributed by atoms with Gasteiger partial charge < -0.3 is 20.5 Å². The minimum atomic E-state index is 0. The van der Waals surface area contributed by atoms with Crippen LogP contribution >= 0.6 is 35.3 Å². The third kappa shape index (κ3) is 7.03. The van der Waals surface area contributed by atoms with Gasteiger partial charge in [0.25, 0.3) is 0 Å². The number of aromatic hydroxyl groups is 1. The Morgan fingerprint density at radius 3 is 2.65 bits per heavy atom. The van der Waals surface area contributed by atoms with Crippen molar-refractivity contribution in [2.24, 2.45) is 4.99 Å². The zero-order valence-corrected chi connectivity index (χ0v) is 18.9. The quantitative estimate of drug-likeness (QED) is 0.312. The second kappa shape index (κ2) is 11.3. The Hall–Kier alpha value is -1.48. The molecule has 1 atom stereocenters. The number of halogens is 1.